The van der Waals surface area contributed by atoms with Crippen LogP contribution in [0, 0.1) is 6.92 Å². The van der Waals surface area contributed by atoms with Crippen molar-refractivity contribution >= 4 is 63.9 Å². The third kappa shape index (κ3) is 8.33. The number of hydrogen-bond acceptors (Lipinski definition) is 6. The van der Waals surface area contributed by atoms with E-state index in [2.05, 4.69) is 15.8 Å². The van der Waals surface area contributed by atoms with E-state index in [9.17, 15) is 14.7 Å². The number of aliphatic hydroxyl groups is 1. The van der Waals surface area contributed by atoms with Crippen LogP contribution in [0.25, 0.3) is 11.3 Å². The lowest BCUT2D eigenvalue weighted by Crippen LogP contribution is -2.45. The van der Waals surface area contributed by atoms with Gasteiger partial charge in [-0.05, 0) is 43.2 Å². The number of benzene rings is 2. The van der Waals surface area contributed by atoms with Crippen molar-refractivity contribution in [1.29, 1.82) is 0 Å². The average molecular weight is 588 g/mol. The molecule has 2 atom stereocenters. The first-order valence-electron chi connectivity index (χ1n) is 11.4. The zero-order chi connectivity index (χ0) is 26.9. The van der Waals surface area contributed by atoms with E-state index in [0.29, 0.717) is 24.4 Å². The second kappa shape index (κ2) is 14.0. The van der Waals surface area contributed by atoms with Crippen molar-refractivity contribution in [2.75, 3.05) is 24.5 Å². The molecule has 1 fully saturated rings. The Labute approximate surface area is 234 Å². The summed E-state index contributed by atoms with van der Waals surface area (Å²) in [5, 5.41) is 20.3. The molecule has 2 unspecified atom stereocenters. The number of aromatic nitrogens is 1. The lowest BCUT2D eigenvalue weighted by Gasteiger charge is -2.24. The van der Waals surface area contributed by atoms with Crippen LogP contribution in [0.2, 0.25) is 10.0 Å². The van der Waals surface area contributed by atoms with Gasteiger partial charge in [0.2, 0.25) is 5.91 Å². The summed E-state index contributed by atoms with van der Waals surface area (Å²) in [5.41, 5.74) is 2.25. The highest BCUT2D eigenvalue weighted by molar-refractivity contribution is 6.54. The molecule has 2 heterocycles. The topological polar surface area (TPSA) is 108 Å². The summed E-state index contributed by atoms with van der Waals surface area (Å²) in [4.78, 5) is 24.8. The summed E-state index contributed by atoms with van der Waals surface area (Å²) in [6, 6.07) is 13.8. The Morgan fingerprint density at radius 1 is 1.19 bits per heavy atom. The number of alkyl halides is 2. The standard InChI is InChI=1S/C18H20Cl2N4O4.C7H6Cl2/c19-16(20)18(27)24(7-6-21-17(26)14-9-13(25)10-22-14)12-3-1-2-11(8-12)15-4-5-23-28-15;1-5-6(8)3-2-4-7(5)9/h1-5,8,13-14,16,22,25H,6-7,9-10H2,(H,21,26);2-4H,1H3. The maximum atomic E-state index is 12.5. The summed E-state index contributed by atoms with van der Waals surface area (Å²) in [6.45, 7) is 2.66. The molecule has 198 valence electrons. The van der Waals surface area contributed by atoms with Gasteiger partial charge in [0.25, 0.3) is 5.91 Å². The minimum atomic E-state index is -1.24. The van der Waals surface area contributed by atoms with Crippen LogP contribution in [0.1, 0.15) is 12.0 Å². The maximum absolute atomic E-state index is 12.5. The van der Waals surface area contributed by atoms with Crippen molar-refractivity contribution in [2.45, 2.75) is 30.3 Å². The molecule has 1 aromatic heterocycles. The van der Waals surface area contributed by atoms with E-state index in [1.165, 1.54) is 11.1 Å². The first-order chi connectivity index (χ1) is 17.7. The SMILES string of the molecule is Cc1c(Cl)cccc1Cl.O=C(NCCN(C(=O)C(Cl)Cl)c1cccc(-c2ccno2)c1)C1CC(O)CN1. The first-order valence-corrected chi connectivity index (χ1v) is 13.0. The van der Waals surface area contributed by atoms with Crippen LogP contribution in [0.3, 0.4) is 0 Å². The Kier molecular flexibility index (Phi) is 11.1. The molecule has 4 rings (SSSR count). The highest BCUT2D eigenvalue weighted by atomic mass is 35.5. The Balaban J connectivity index is 0.000000356. The third-order valence-corrected chi connectivity index (χ3v) is 6.79. The van der Waals surface area contributed by atoms with Gasteiger partial charge in [0.1, 0.15) is 0 Å². The predicted octanol–water partition coefficient (Wildman–Crippen LogP) is 4.62. The molecule has 0 bridgehead atoms. The van der Waals surface area contributed by atoms with E-state index in [-0.39, 0.29) is 19.0 Å². The fourth-order valence-corrected chi connectivity index (χ4v) is 4.22. The molecule has 3 aromatic rings. The van der Waals surface area contributed by atoms with Gasteiger partial charge in [-0.2, -0.15) is 0 Å². The molecule has 8 nitrogen and oxygen atoms in total. The quantitative estimate of drug-likeness (QED) is 0.348. The number of amides is 2. The van der Waals surface area contributed by atoms with Gasteiger partial charge >= 0.3 is 0 Å². The van der Waals surface area contributed by atoms with Crippen molar-refractivity contribution in [3.8, 4) is 11.3 Å². The summed E-state index contributed by atoms with van der Waals surface area (Å²) >= 11 is 23.0. The van der Waals surface area contributed by atoms with E-state index in [1.807, 2.05) is 31.2 Å². The fourth-order valence-electron chi connectivity index (χ4n) is 3.59. The zero-order valence-corrected chi connectivity index (χ0v) is 22.9. The molecule has 12 heteroatoms. The third-order valence-electron chi connectivity index (χ3n) is 5.59. The largest absolute Gasteiger partial charge is 0.392 e. The van der Waals surface area contributed by atoms with Crippen molar-refractivity contribution < 1.29 is 19.2 Å². The molecule has 37 heavy (non-hydrogen) atoms. The predicted molar refractivity (Wildman–Crippen MR) is 146 cm³/mol. The van der Waals surface area contributed by atoms with Crippen molar-refractivity contribution in [1.82, 2.24) is 15.8 Å². The fraction of sp³-hybridized carbons (Fsp3) is 0.320. The van der Waals surface area contributed by atoms with Crippen molar-refractivity contribution in [3.05, 3.63) is 70.3 Å². The molecule has 0 spiro atoms. The number of rotatable bonds is 7. The molecule has 1 aliphatic rings. The van der Waals surface area contributed by atoms with E-state index >= 15 is 0 Å². The van der Waals surface area contributed by atoms with Crippen LogP contribution in [-0.2, 0) is 9.59 Å². The number of halogens is 4. The monoisotopic (exact) mass is 586 g/mol. The number of carbonyl (C=O) groups is 2. The van der Waals surface area contributed by atoms with Crippen LogP contribution in [-0.4, -0.2) is 58.7 Å². The molecule has 3 N–H and O–H groups in total. The Hall–Kier alpha value is -2.33. The Morgan fingerprint density at radius 2 is 1.89 bits per heavy atom. The molecule has 0 aliphatic carbocycles. The van der Waals surface area contributed by atoms with Gasteiger partial charge in [0, 0.05) is 47.0 Å². The molecule has 2 amide bonds. The van der Waals surface area contributed by atoms with Gasteiger partial charge in [-0.1, -0.05) is 69.8 Å². The van der Waals surface area contributed by atoms with Gasteiger partial charge in [0.15, 0.2) is 10.6 Å². The highest BCUT2D eigenvalue weighted by Gasteiger charge is 2.28. The van der Waals surface area contributed by atoms with Crippen LogP contribution in [0.15, 0.2) is 59.3 Å². The number of hydrogen-bond donors (Lipinski definition) is 3. The molecular weight excluding hydrogens is 562 g/mol. The van der Waals surface area contributed by atoms with Gasteiger partial charge in [0.05, 0.1) is 18.3 Å². The number of β-amino-alcohol motifs (C(OH)–C–C–N with tert-alkyl or cyclic N) is 1. The van der Waals surface area contributed by atoms with E-state index in [1.54, 1.807) is 24.3 Å². The second-order valence-electron chi connectivity index (χ2n) is 8.21. The molecule has 1 saturated heterocycles. The lowest BCUT2D eigenvalue weighted by molar-refractivity contribution is -0.123. The molecular formula is C25H26Cl4N4O4. The molecule has 0 radical (unpaired) electrons. The summed E-state index contributed by atoms with van der Waals surface area (Å²) in [7, 11) is 0. The van der Waals surface area contributed by atoms with Gasteiger partial charge in [-0.25, -0.2) is 0 Å². The summed E-state index contributed by atoms with van der Waals surface area (Å²) in [5.74, 6) is -0.170. The van der Waals surface area contributed by atoms with E-state index in [4.69, 9.17) is 50.9 Å². The molecule has 2 aromatic carbocycles. The van der Waals surface area contributed by atoms with Gasteiger partial charge in [-0.15, -0.1) is 0 Å². The van der Waals surface area contributed by atoms with Crippen molar-refractivity contribution in [2.24, 2.45) is 0 Å². The summed E-state index contributed by atoms with van der Waals surface area (Å²) in [6.07, 6.45) is 1.36. The first kappa shape index (κ1) is 29.2. The molecule has 1 aliphatic heterocycles. The van der Waals surface area contributed by atoms with Crippen LogP contribution in [0.5, 0.6) is 0 Å². The summed E-state index contributed by atoms with van der Waals surface area (Å²) < 4.78 is 5.15. The average Bonchev–Trinajstić information content (AvgIpc) is 3.57. The number of aliphatic hydroxyl groups excluding tert-OH is 1. The van der Waals surface area contributed by atoms with E-state index < -0.39 is 22.9 Å². The number of nitrogens with one attached hydrogen (secondary N) is 2. The van der Waals surface area contributed by atoms with Crippen LogP contribution >= 0.6 is 46.4 Å². The normalized spacial score (nSPS) is 16.7. The molecule has 0 saturated carbocycles. The van der Waals surface area contributed by atoms with Gasteiger partial charge < -0.3 is 25.2 Å². The van der Waals surface area contributed by atoms with E-state index in [0.717, 1.165) is 21.2 Å². The number of anilines is 1. The second-order valence-corrected chi connectivity index (χ2v) is 10.1. The van der Waals surface area contributed by atoms with Gasteiger partial charge in [-0.3, -0.25) is 9.59 Å². The number of nitrogens with zero attached hydrogens (tertiary/aromatic N) is 2. The Bertz CT molecular complexity index is 1170. The smallest absolute Gasteiger partial charge is 0.260 e. The highest BCUT2D eigenvalue weighted by Crippen LogP contribution is 2.26. The Morgan fingerprint density at radius 3 is 2.46 bits per heavy atom. The number of carbonyl (C=O) groups excluding carboxylic acids is 2. The maximum Gasteiger partial charge on any atom is 0.260 e. The van der Waals surface area contributed by atoms with Crippen molar-refractivity contribution in [3.63, 3.8) is 0 Å². The van der Waals surface area contributed by atoms with Crippen LogP contribution < -0.4 is 15.5 Å². The van der Waals surface area contributed by atoms with Crippen LogP contribution in [0.4, 0.5) is 5.69 Å². The minimum absolute atomic E-state index is 0.176. The zero-order valence-electron chi connectivity index (χ0n) is 19.8. The lowest BCUT2D eigenvalue weighted by atomic mass is 10.1. The minimum Gasteiger partial charge on any atom is -0.392 e.